The fourth-order valence-electron chi connectivity index (χ4n) is 3.72. The number of carbonyl (C=O) groups excluding carboxylic acids is 1. The van der Waals surface area contributed by atoms with Crippen LogP contribution >= 0.6 is 0 Å². The van der Waals surface area contributed by atoms with Crippen LogP contribution in [-0.4, -0.2) is 41.0 Å². The second-order valence-electron chi connectivity index (χ2n) is 7.07. The minimum Gasteiger partial charge on any atom is -0.497 e. The van der Waals surface area contributed by atoms with Gasteiger partial charge in [-0.05, 0) is 37.3 Å². The highest BCUT2D eigenvalue weighted by Crippen LogP contribution is 2.48. The SMILES string of the molecule is CCOC(=O)C1=C(c2ccc(OC)cc2)OC(N)=C(C#N)C1c1cc(OC)c(OC)cc1OC. The first-order chi connectivity index (χ1) is 16.4. The number of methoxy groups -OCH3 is 4. The van der Waals surface area contributed by atoms with Crippen molar-refractivity contribution < 1.29 is 33.2 Å². The minimum absolute atomic E-state index is 0.0332. The first-order valence-electron chi connectivity index (χ1n) is 10.4. The summed E-state index contributed by atoms with van der Waals surface area (Å²) in [5, 5.41) is 9.98. The van der Waals surface area contributed by atoms with E-state index < -0.39 is 11.9 Å². The van der Waals surface area contributed by atoms with E-state index in [0.717, 1.165) is 0 Å². The van der Waals surface area contributed by atoms with Crippen molar-refractivity contribution in [2.45, 2.75) is 12.8 Å². The van der Waals surface area contributed by atoms with Gasteiger partial charge in [0.25, 0.3) is 0 Å². The largest absolute Gasteiger partial charge is 0.497 e. The Hall–Kier alpha value is -4.32. The Kier molecular flexibility index (Phi) is 7.53. The van der Waals surface area contributed by atoms with Crippen LogP contribution in [-0.2, 0) is 14.3 Å². The molecule has 1 aliphatic rings. The van der Waals surface area contributed by atoms with Crippen LogP contribution in [0.25, 0.3) is 5.76 Å². The molecule has 2 aromatic carbocycles. The molecule has 0 bridgehead atoms. The van der Waals surface area contributed by atoms with Crippen molar-refractivity contribution in [1.82, 2.24) is 0 Å². The molecule has 1 unspecified atom stereocenters. The predicted octanol–water partition coefficient (Wildman–Crippen LogP) is 3.50. The van der Waals surface area contributed by atoms with E-state index in [9.17, 15) is 10.1 Å². The molecule has 1 heterocycles. The van der Waals surface area contributed by atoms with Gasteiger partial charge in [0.15, 0.2) is 11.5 Å². The standard InChI is InChI=1S/C25H26N2O7/c1-6-33-25(28)22-21(16-11-19(31-4)20(32-5)12-18(16)30-3)17(13-26)24(27)34-23(22)14-7-9-15(29-2)10-8-14/h7-12,21H,6,27H2,1-5H3. The predicted molar refractivity (Wildman–Crippen MR) is 123 cm³/mol. The number of carbonyl (C=O) groups is 1. The van der Waals surface area contributed by atoms with Gasteiger partial charge in [-0.1, -0.05) is 0 Å². The fourth-order valence-corrected chi connectivity index (χ4v) is 3.72. The quantitative estimate of drug-likeness (QED) is 0.582. The molecule has 9 nitrogen and oxygen atoms in total. The van der Waals surface area contributed by atoms with Gasteiger partial charge < -0.3 is 34.2 Å². The number of nitrogens with zero attached hydrogens (tertiary/aromatic N) is 1. The van der Waals surface area contributed by atoms with Crippen LogP contribution in [0.2, 0.25) is 0 Å². The van der Waals surface area contributed by atoms with Gasteiger partial charge in [0.2, 0.25) is 5.88 Å². The van der Waals surface area contributed by atoms with Gasteiger partial charge in [0.1, 0.15) is 28.9 Å². The Balaban J connectivity index is 2.36. The molecule has 9 heteroatoms. The Morgan fingerprint density at radius 2 is 1.62 bits per heavy atom. The second-order valence-corrected chi connectivity index (χ2v) is 7.07. The summed E-state index contributed by atoms with van der Waals surface area (Å²) < 4.78 is 32.8. The van der Waals surface area contributed by atoms with Crippen LogP contribution in [0.1, 0.15) is 24.0 Å². The van der Waals surface area contributed by atoms with Gasteiger partial charge >= 0.3 is 5.97 Å². The molecular weight excluding hydrogens is 440 g/mol. The lowest BCUT2D eigenvalue weighted by molar-refractivity contribution is -0.138. The molecule has 0 spiro atoms. The topological polar surface area (TPSA) is 122 Å². The highest BCUT2D eigenvalue weighted by Gasteiger charge is 2.40. The van der Waals surface area contributed by atoms with Crippen LogP contribution in [0.3, 0.4) is 0 Å². The summed E-state index contributed by atoms with van der Waals surface area (Å²) >= 11 is 0. The zero-order valence-corrected chi connectivity index (χ0v) is 19.6. The number of hydrogen-bond donors (Lipinski definition) is 1. The van der Waals surface area contributed by atoms with Crippen LogP contribution in [0.15, 0.2) is 53.4 Å². The Bertz CT molecular complexity index is 1180. The molecule has 3 rings (SSSR count). The first-order valence-corrected chi connectivity index (χ1v) is 10.4. The summed E-state index contributed by atoms with van der Waals surface area (Å²) in [4.78, 5) is 13.3. The van der Waals surface area contributed by atoms with Gasteiger partial charge in [0.05, 0.1) is 46.5 Å². The van der Waals surface area contributed by atoms with Crippen molar-refractivity contribution in [3.05, 3.63) is 64.6 Å². The first kappa shape index (κ1) is 24.3. The monoisotopic (exact) mass is 466 g/mol. The molecule has 178 valence electrons. The molecule has 1 aliphatic heterocycles. The summed E-state index contributed by atoms with van der Waals surface area (Å²) in [6.07, 6.45) is 0. The second kappa shape index (κ2) is 10.5. The molecule has 0 aliphatic carbocycles. The maximum atomic E-state index is 13.3. The Morgan fingerprint density at radius 1 is 1.00 bits per heavy atom. The molecule has 2 aromatic rings. The highest BCUT2D eigenvalue weighted by atomic mass is 16.5. The number of ether oxygens (including phenoxy) is 6. The van der Waals surface area contributed by atoms with Crippen LogP contribution in [0, 0.1) is 11.3 Å². The van der Waals surface area contributed by atoms with Gasteiger partial charge in [-0.25, -0.2) is 4.79 Å². The average molecular weight is 466 g/mol. The van der Waals surface area contributed by atoms with Crippen molar-refractivity contribution in [2.24, 2.45) is 5.73 Å². The van der Waals surface area contributed by atoms with E-state index in [0.29, 0.717) is 34.1 Å². The number of rotatable bonds is 8. The third-order valence-electron chi connectivity index (χ3n) is 5.31. The van der Waals surface area contributed by atoms with Gasteiger partial charge in [-0.15, -0.1) is 0 Å². The lowest BCUT2D eigenvalue weighted by atomic mass is 9.81. The van der Waals surface area contributed by atoms with Crippen molar-refractivity contribution in [3.8, 4) is 29.1 Å². The molecule has 1 atom stereocenters. The van der Waals surface area contributed by atoms with Crippen molar-refractivity contribution in [3.63, 3.8) is 0 Å². The highest BCUT2D eigenvalue weighted by molar-refractivity contribution is 6.00. The average Bonchev–Trinajstić information content (AvgIpc) is 2.87. The Labute approximate surface area is 197 Å². The van der Waals surface area contributed by atoms with E-state index in [-0.39, 0.29) is 29.4 Å². The van der Waals surface area contributed by atoms with Gasteiger partial charge in [0, 0.05) is 17.2 Å². The number of benzene rings is 2. The lowest BCUT2D eigenvalue weighted by Gasteiger charge is -2.29. The van der Waals surface area contributed by atoms with E-state index in [1.807, 2.05) is 0 Å². The molecular formula is C25H26N2O7. The number of nitriles is 1. The zero-order valence-electron chi connectivity index (χ0n) is 19.6. The molecule has 0 saturated heterocycles. The fraction of sp³-hybridized carbons (Fsp3) is 0.280. The summed E-state index contributed by atoms with van der Waals surface area (Å²) in [7, 11) is 6.00. The number of nitrogens with two attached hydrogens (primary N) is 1. The van der Waals surface area contributed by atoms with Gasteiger partial charge in [-0.2, -0.15) is 5.26 Å². The van der Waals surface area contributed by atoms with E-state index in [4.69, 9.17) is 34.2 Å². The number of allylic oxidation sites excluding steroid dienone is 1. The van der Waals surface area contributed by atoms with E-state index in [1.54, 1.807) is 50.4 Å². The molecule has 0 radical (unpaired) electrons. The smallest absolute Gasteiger partial charge is 0.338 e. The molecule has 0 aromatic heterocycles. The summed E-state index contributed by atoms with van der Waals surface area (Å²) in [5.74, 6) is 0.207. The van der Waals surface area contributed by atoms with Crippen molar-refractivity contribution in [2.75, 3.05) is 35.0 Å². The van der Waals surface area contributed by atoms with E-state index in [1.165, 1.54) is 21.3 Å². The zero-order chi connectivity index (χ0) is 24.8. The van der Waals surface area contributed by atoms with Crippen LogP contribution in [0.5, 0.6) is 23.0 Å². The van der Waals surface area contributed by atoms with Gasteiger partial charge in [-0.3, -0.25) is 0 Å². The van der Waals surface area contributed by atoms with Crippen LogP contribution in [0.4, 0.5) is 0 Å². The third-order valence-corrected chi connectivity index (χ3v) is 5.31. The third kappa shape index (κ3) is 4.43. The molecule has 34 heavy (non-hydrogen) atoms. The molecule has 0 amide bonds. The lowest BCUT2D eigenvalue weighted by Crippen LogP contribution is -2.26. The van der Waals surface area contributed by atoms with Crippen LogP contribution < -0.4 is 24.7 Å². The molecule has 2 N–H and O–H groups in total. The number of hydrogen-bond acceptors (Lipinski definition) is 9. The normalized spacial score (nSPS) is 15.2. The van der Waals surface area contributed by atoms with E-state index in [2.05, 4.69) is 6.07 Å². The Morgan fingerprint density at radius 3 is 2.15 bits per heavy atom. The maximum absolute atomic E-state index is 13.3. The summed E-state index contributed by atoms with van der Waals surface area (Å²) in [6.45, 7) is 1.81. The van der Waals surface area contributed by atoms with Crippen molar-refractivity contribution in [1.29, 1.82) is 5.26 Å². The maximum Gasteiger partial charge on any atom is 0.338 e. The summed E-state index contributed by atoms with van der Waals surface area (Å²) in [6, 6.07) is 12.2. The molecule has 0 fully saturated rings. The summed E-state index contributed by atoms with van der Waals surface area (Å²) in [5.41, 5.74) is 7.32. The minimum atomic E-state index is -0.954. The van der Waals surface area contributed by atoms with E-state index >= 15 is 0 Å². The van der Waals surface area contributed by atoms with Crippen molar-refractivity contribution >= 4 is 11.7 Å². The number of esters is 1. The molecule has 0 saturated carbocycles.